The molecule has 3 aliphatic carbocycles. The monoisotopic (exact) mass is 595 g/mol. The van der Waals surface area contributed by atoms with Crippen molar-refractivity contribution in [2.45, 2.75) is 31.0 Å². The number of benzene rings is 1. The van der Waals surface area contributed by atoms with Crippen molar-refractivity contribution >= 4 is 34.6 Å². The summed E-state index contributed by atoms with van der Waals surface area (Å²) in [6.07, 6.45) is 0.288. The van der Waals surface area contributed by atoms with Crippen molar-refractivity contribution in [1.82, 2.24) is 9.80 Å². The third-order valence-corrected chi connectivity index (χ3v) is 9.81. The molecule has 42 heavy (non-hydrogen) atoms. The predicted octanol–water partition coefficient (Wildman–Crippen LogP) is 1.52. The fraction of sp³-hybridized carbons (Fsp3) is 0.433. The van der Waals surface area contributed by atoms with Gasteiger partial charge in [-0.05, 0) is 72.4 Å². The van der Waals surface area contributed by atoms with Crippen molar-refractivity contribution in [3.8, 4) is 16.9 Å². The summed E-state index contributed by atoms with van der Waals surface area (Å²) >= 11 is 1.51. The number of hydrogen-bond acceptors (Lipinski definition) is 11. The number of ketones is 2. The molecule has 4 aliphatic rings. The molecule has 0 bridgehead atoms. The lowest BCUT2D eigenvalue weighted by Gasteiger charge is -2.50. The fourth-order valence-electron chi connectivity index (χ4n) is 7.16. The van der Waals surface area contributed by atoms with Crippen LogP contribution >= 0.6 is 11.3 Å². The normalized spacial score (nSPS) is 28.1. The molecule has 1 aromatic carbocycles. The molecule has 1 saturated heterocycles. The molecule has 0 radical (unpaired) electrons. The van der Waals surface area contributed by atoms with Gasteiger partial charge in [0.1, 0.15) is 22.8 Å². The minimum absolute atomic E-state index is 0.0468. The zero-order valence-electron chi connectivity index (χ0n) is 23.3. The molecule has 4 unspecified atom stereocenters. The molecule has 2 heterocycles. The predicted molar refractivity (Wildman–Crippen MR) is 154 cm³/mol. The van der Waals surface area contributed by atoms with E-state index in [9.17, 15) is 34.8 Å². The third kappa shape index (κ3) is 4.12. The van der Waals surface area contributed by atoms with E-state index >= 15 is 0 Å². The Morgan fingerprint density at radius 2 is 1.93 bits per heavy atom. The Morgan fingerprint density at radius 1 is 1.21 bits per heavy atom. The Bertz CT molecular complexity index is 1560. The topological polar surface area (TPSA) is 174 Å². The molecule has 4 atom stereocenters. The standard InChI is InChI=1S/C30H33N3O8S/c1-32(2)23-19-11-15-9-18-17(14-3-8-42-13-14)10-16(12-33-4-6-41-7-5-33)24(34)21(18)25(35)20(15)27(37)30(19,40)28(38)22(26(23)36)29(31)39/h3,8,10,13,15,19,23,34-35,38,40H,4-7,9,11-12H2,1-2H3,(H2,31,39). The highest BCUT2D eigenvalue weighted by Gasteiger charge is 2.64. The van der Waals surface area contributed by atoms with E-state index in [0.29, 0.717) is 44.0 Å². The fourth-order valence-corrected chi connectivity index (χ4v) is 7.82. The van der Waals surface area contributed by atoms with Gasteiger partial charge in [0.2, 0.25) is 5.78 Å². The van der Waals surface area contributed by atoms with Gasteiger partial charge in [0, 0.05) is 36.7 Å². The lowest BCUT2D eigenvalue weighted by Crippen LogP contribution is -2.65. The summed E-state index contributed by atoms with van der Waals surface area (Å²) in [7, 11) is 3.16. The molecule has 11 nitrogen and oxygen atoms in total. The van der Waals surface area contributed by atoms with Crippen LogP contribution in [-0.2, 0) is 32.1 Å². The summed E-state index contributed by atoms with van der Waals surface area (Å²) < 4.78 is 5.45. The highest BCUT2D eigenvalue weighted by Crippen LogP contribution is 2.54. The first-order chi connectivity index (χ1) is 20.0. The van der Waals surface area contributed by atoms with Gasteiger partial charge in [-0.25, -0.2) is 0 Å². The van der Waals surface area contributed by atoms with Gasteiger partial charge in [-0.3, -0.25) is 24.2 Å². The quantitative estimate of drug-likeness (QED) is 0.319. The number of fused-ring (bicyclic) bond motifs is 3. The van der Waals surface area contributed by atoms with Crippen molar-refractivity contribution in [2.75, 3.05) is 40.4 Å². The Balaban J connectivity index is 1.55. The molecule has 1 amide bonds. The second-order valence-electron chi connectivity index (χ2n) is 11.6. The van der Waals surface area contributed by atoms with E-state index in [2.05, 4.69) is 4.90 Å². The van der Waals surface area contributed by atoms with Crippen LogP contribution in [-0.4, -0.2) is 99.7 Å². The van der Waals surface area contributed by atoms with Crippen molar-refractivity contribution in [3.05, 3.63) is 56.5 Å². The summed E-state index contributed by atoms with van der Waals surface area (Å²) in [4.78, 5) is 43.3. The van der Waals surface area contributed by atoms with Crippen LogP contribution in [0.1, 0.15) is 23.1 Å². The van der Waals surface area contributed by atoms with Crippen LogP contribution in [0.3, 0.4) is 0 Å². The second-order valence-corrected chi connectivity index (χ2v) is 12.4. The van der Waals surface area contributed by atoms with Gasteiger partial charge < -0.3 is 30.9 Å². The Labute approximate surface area is 246 Å². The number of carbonyl (C=O) groups excluding carboxylic acids is 3. The van der Waals surface area contributed by atoms with E-state index in [4.69, 9.17) is 10.5 Å². The molecule has 1 aliphatic heterocycles. The third-order valence-electron chi connectivity index (χ3n) is 9.13. The van der Waals surface area contributed by atoms with E-state index in [0.717, 1.165) is 11.1 Å². The maximum absolute atomic E-state index is 14.2. The molecule has 1 saturated carbocycles. The number of thiophene rings is 1. The average Bonchev–Trinajstić information content (AvgIpc) is 3.47. The van der Waals surface area contributed by atoms with Gasteiger partial charge in [-0.15, -0.1) is 0 Å². The van der Waals surface area contributed by atoms with Crippen molar-refractivity contribution in [2.24, 2.45) is 17.6 Å². The number of aromatic hydroxyl groups is 1. The first-order valence-electron chi connectivity index (χ1n) is 13.8. The lowest BCUT2D eigenvalue weighted by molar-refractivity contribution is -0.153. The van der Waals surface area contributed by atoms with Crippen LogP contribution in [0.25, 0.3) is 16.9 Å². The first kappa shape index (κ1) is 28.6. The number of amides is 1. The van der Waals surface area contributed by atoms with Gasteiger partial charge >= 0.3 is 0 Å². The number of phenolic OH excluding ortho intramolecular Hbond substituents is 1. The van der Waals surface area contributed by atoms with Crippen LogP contribution in [0, 0.1) is 11.8 Å². The number of carbonyl (C=O) groups is 3. The summed E-state index contributed by atoms with van der Waals surface area (Å²) in [6, 6.07) is 2.75. The Hall–Kier alpha value is -3.55. The minimum atomic E-state index is -2.66. The average molecular weight is 596 g/mol. The summed E-state index contributed by atoms with van der Waals surface area (Å²) in [5.74, 6) is -6.54. The van der Waals surface area contributed by atoms with Gasteiger partial charge in [-0.2, -0.15) is 11.3 Å². The van der Waals surface area contributed by atoms with E-state index in [1.165, 1.54) is 16.2 Å². The number of hydrogen-bond donors (Lipinski definition) is 5. The van der Waals surface area contributed by atoms with Crippen LogP contribution < -0.4 is 5.73 Å². The molecule has 6 N–H and O–H groups in total. The molecule has 6 rings (SSSR count). The molecule has 1 aromatic heterocycles. The number of aliphatic hydroxyl groups is 3. The van der Waals surface area contributed by atoms with Crippen molar-refractivity contribution in [3.63, 3.8) is 0 Å². The van der Waals surface area contributed by atoms with E-state index in [1.807, 2.05) is 22.9 Å². The second kappa shape index (κ2) is 10.3. The summed E-state index contributed by atoms with van der Waals surface area (Å²) in [6.45, 7) is 2.87. The maximum Gasteiger partial charge on any atom is 0.255 e. The number of rotatable bonds is 5. The van der Waals surface area contributed by atoms with Gasteiger partial charge in [0.15, 0.2) is 11.4 Å². The molecule has 222 valence electrons. The van der Waals surface area contributed by atoms with Gasteiger partial charge in [0.25, 0.3) is 5.91 Å². The molecule has 0 spiro atoms. The number of likely N-dealkylation sites (N-methyl/N-ethyl adjacent to an activating group) is 1. The number of nitrogens with zero attached hydrogens (tertiary/aromatic N) is 2. The van der Waals surface area contributed by atoms with Crippen LogP contribution in [0.4, 0.5) is 0 Å². The molecule has 2 fully saturated rings. The summed E-state index contributed by atoms with van der Waals surface area (Å²) in [5.41, 5.74) is 4.81. The lowest BCUT2D eigenvalue weighted by atomic mass is 9.57. The highest BCUT2D eigenvalue weighted by atomic mass is 32.1. The number of phenols is 1. The SMILES string of the molecule is CN(C)C1C(=O)C(C(N)=O)=C(O)C2(O)C(=O)C3=C(O)c4c(O)c(CN5CCOCC5)cc(-c5ccsc5)c4CC3CC12. The smallest absolute Gasteiger partial charge is 0.255 e. The van der Waals surface area contributed by atoms with Gasteiger partial charge in [-0.1, -0.05) is 0 Å². The van der Waals surface area contributed by atoms with Crippen molar-refractivity contribution < 1.29 is 39.5 Å². The van der Waals surface area contributed by atoms with Crippen LogP contribution in [0.15, 0.2) is 39.8 Å². The highest BCUT2D eigenvalue weighted by molar-refractivity contribution is 7.08. The molecule has 12 heteroatoms. The van der Waals surface area contributed by atoms with Gasteiger partial charge in [0.05, 0.1) is 24.8 Å². The van der Waals surface area contributed by atoms with Crippen molar-refractivity contribution in [1.29, 1.82) is 0 Å². The number of primary amides is 1. The summed E-state index contributed by atoms with van der Waals surface area (Å²) in [5, 5.41) is 50.1. The van der Waals surface area contributed by atoms with Crippen LogP contribution in [0.2, 0.25) is 0 Å². The van der Waals surface area contributed by atoms with E-state index < -0.39 is 58.0 Å². The maximum atomic E-state index is 14.2. The zero-order chi connectivity index (χ0) is 30.1. The molecular formula is C30H33N3O8S. The molecular weight excluding hydrogens is 562 g/mol. The first-order valence-corrected chi connectivity index (χ1v) is 14.8. The number of nitrogens with two attached hydrogens (primary N) is 1. The molecule has 2 aromatic rings. The Kier molecular flexibility index (Phi) is 7.02. The minimum Gasteiger partial charge on any atom is -0.508 e. The Morgan fingerprint density at radius 3 is 2.55 bits per heavy atom. The number of aliphatic hydroxyl groups excluding tert-OH is 2. The van der Waals surface area contributed by atoms with E-state index in [-0.39, 0.29) is 29.7 Å². The van der Waals surface area contributed by atoms with Crippen LogP contribution in [0.5, 0.6) is 5.75 Å². The largest absolute Gasteiger partial charge is 0.508 e. The number of Topliss-reactive ketones (excluding diaryl/α,β-unsaturated/α-hetero) is 2. The zero-order valence-corrected chi connectivity index (χ0v) is 24.1. The van der Waals surface area contributed by atoms with E-state index in [1.54, 1.807) is 14.1 Å². The number of morpholine rings is 1. The number of ether oxygens (including phenoxy) is 1.